The average Bonchev–Trinajstić information content (AvgIpc) is 3.16. The highest BCUT2D eigenvalue weighted by atomic mass is 32.2. The van der Waals surface area contributed by atoms with Crippen molar-refractivity contribution in [1.29, 1.82) is 0 Å². The maximum atomic E-state index is 12.5. The van der Waals surface area contributed by atoms with Crippen LogP contribution >= 0.6 is 0 Å². The average molecular weight is 412 g/mol. The molecule has 1 heterocycles. The predicted molar refractivity (Wildman–Crippen MR) is 107 cm³/mol. The van der Waals surface area contributed by atoms with E-state index in [9.17, 15) is 18.0 Å². The summed E-state index contributed by atoms with van der Waals surface area (Å²) in [7, 11) is -3.35. The highest BCUT2D eigenvalue weighted by molar-refractivity contribution is 7.90. The van der Waals surface area contributed by atoms with Crippen molar-refractivity contribution in [2.75, 3.05) is 6.26 Å². The Morgan fingerprint density at radius 2 is 1.59 bits per heavy atom. The van der Waals surface area contributed by atoms with Gasteiger partial charge >= 0.3 is 0 Å². The van der Waals surface area contributed by atoms with Gasteiger partial charge in [0.15, 0.2) is 9.84 Å². The summed E-state index contributed by atoms with van der Waals surface area (Å²) >= 11 is 0. The third-order valence-corrected chi connectivity index (χ3v) is 5.41. The number of benzene rings is 2. The van der Waals surface area contributed by atoms with Crippen LogP contribution in [0.1, 0.15) is 33.3 Å². The second kappa shape index (κ2) is 8.27. The molecule has 1 aromatic heterocycles. The first-order valence-corrected chi connectivity index (χ1v) is 10.7. The normalized spacial score (nSPS) is 11.1. The number of carbonyl (C=O) groups excluding carboxylic acids is 2. The molecule has 0 bridgehead atoms. The number of carbonyl (C=O) groups is 2. The van der Waals surface area contributed by atoms with Gasteiger partial charge in [-0.3, -0.25) is 20.4 Å². The first-order valence-electron chi connectivity index (χ1n) is 8.84. The van der Waals surface area contributed by atoms with Gasteiger partial charge in [0.25, 0.3) is 11.8 Å². The molecule has 0 fully saturated rings. The van der Waals surface area contributed by atoms with Crippen molar-refractivity contribution in [3.8, 4) is 5.69 Å². The molecule has 0 atom stereocenters. The van der Waals surface area contributed by atoms with Crippen LogP contribution in [0.3, 0.4) is 0 Å². The van der Waals surface area contributed by atoms with Gasteiger partial charge in [0.05, 0.1) is 28.0 Å². The molecule has 0 spiro atoms. The van der Waals surface area contributed by atoms with Gasteiger partial charge in [-0.2, -0.15) is 5.10 Å². The molecule has 150 valence electrons. The lowest BCUT2D eigenvalue weighted by atomic mass is 10.2. The van der Waals surface area contributed by atoms with E-state index in [1.54, 1.807) is 4.68 Å². The molecule has 8 nitrogen and oxygen atoms in total. The number of nitrogens with zero attached hydrogens (tertiary/aromatic N) is 2. The molecule has 29 heavy (non-hydrogen) atoms. The van der Waals surface area contributed by atoms with Gasteiger partial charge in [-0.25, -0.2) is 13.1 Å². The van der Waals surface area contributed by atoms with Crippen LogP contribution in [-0.4, -0.2) is 36.3 Å². The van der Waals surface area contributed by atoms with E-state index in [0.29, 0.717) is 17.7 Å². The number of hydrogen-bond acceptors (Lipinski definition) is 5. The van der Waals surface area contributed by atoms with Gasteiger partial charge in [0, 0.05) is 11.8 Å². The van der Waals surface area contributed by atoms with E-state index in [2.05, 4.69) is 16.0 Å². The van der Waals surface area contributed by atoms with Crippen LogP contribution < -0.4 is 10.9 Å². The van der Waals surface area contributed by atoms with Crippen LogP contribution in [0.5, 0.6) is 0 Å². The third-order valence-electron chi connectivity index (χ3n) is 4.28. The number of nitrogens with one attached hydrogen (secondary N) is 2. The Bertz CT molecular complexity index is 1140. The lowest BCUT2D eigenvalue weighted by Gasteiger charge is -2.09. The summed E-state index contributed by atoms with van der Waals surface area (Å²) in [6.07, 6.45) is 3.11. The van der Waals surface area contributed by atoms with E-state index in [4.69, 9.17) is 0 Å². The van der Waals surface area contributed by atoms with Gasteiger partial charge < -0.3 is 0 Å². The molecule has 3 rings (SSSR count). The largest absolute Gasteiger partial charge is 0.273 e. The van der Waals surface area contributed by atoms with Crippen molar-refractivity contribution >= 4 is 21.7 Å². The standard InChI is InChI=1S/C20H20N4O4S/c1-3-18-17(13-21-24(18)15-7-5-4-6-8-15)20(26)23-22-19(25)14-9-11-16(12-10-14)29(2,27)28/h4-13H,3H2,1-2H3,(H,22,25)(H,23,26). The Labute approximate surface area is 168 Å². The van der Waals surface area contributed by atoms with Crippen LogP contribution in [0.15, 0.2) is 65.7 Å². The Morgan fingerprint density at radius 3 is 2.17 bits per heavy atom. The Morgan fingerprint density at radius 1 is 0.966 bits per heavy atom. The van der Waals surface area contributed by atoms with Gasteiger partial charge in [0.1, 0.15) is 0 Å². The number of rotatable bonds is 5. The topological polar surface area (TPSA) is 110 Å². The van der Waals surface area contributed by atoms with Crippen LogP contribution in [-0.2, 0) is 16.3 Å². The molecule has 9 heteroatoms. The van der Waals surface area contributed by atoms with Crippen LogP contribution in [0.4, 0.5) is 0 Å². The Hall–Kier alpha value is -3.46. The second-order valence-corrected chi connectivity index (χ2v) is 8.33. The molecule has 0 aliphatic rings. The summed E-state index contributed by atoms with van der Waals surface area (Å²) in [5.74, 6) is -1.06. The molecule has 0 aliphatic carbocycles. The summed E-state index contributed by atoms with van der Waals surface area (Å²) < 4.78 is 24.7. The van der Waals surface area contributed by atoms with Crippen molar-refractivity contribution < 1.29 is 18.0 Å². The van der Waals surface area contributed by atoms with Gasteiger partial charge in [-0.1, -0.05) is 25.1 Å². The molecular formula is C20H20N4O4S. The molecule has 0 unspecified atom stereocenters. The van der Waals surface area contributed by atoms with E-state index in [0.717, 1.165) is 11.9 Å². The van der Waals surface area contributed by atoms with Crippen molar-refractivity contribution in [2.24, 2.45) is 0 Å². The zero-order valence-corrected chi connectivity index (χ0v) is 16.7. The number of para-hydroxylation sites is 1. The molecule has 2 amide bonds. The summed E-state index contributed by atoms with van der Waals surface area (Å²) in [4.78, 5) is 24.9. The summed E-state index contributed by atoms with van der Waals surface area (Å²) in [5.41, 5.74) is 6.81. The summed E-state index contributed by atoms with van der Waals surface area (Å²) in [6, 6.07) is 14.9. The van der Waals surface area contributed by atoms with Crippen molar-refractivity contribution in [3.63, 3.8) is 0 Å². The SMILES string of the molecule is CCc1c(C(=O)NNC(=O)c2ccc(S(C)(=O)=O)cc2)cnn1-c1ccccc1. The van der Waals surface area contributed by atoms with Crippen LogP contribution in [0.25, 0.3) is 5.69 Å². The Balaban J connectivity index is 1.71. The minimum atomic E-state index is -3.35. The van der Waals surface area contributed by atoms with Gasteiger partial charge in [0.2, 0.25) is 0 Å². The molecule has 0 saturated heterocycles. The minimum absolute atomic E-state index is 0.110. The lowest BCUT2D eigenvalue weighted by Crippen LogP contribution is -2.41. The summed E-state index contributed by atoms with van der Waals surface area (Å²) in [6.45, 7) is 1.91. The van der Waals surface area contributed by atoms with E-state index in [-0.39, 0.29) is 10.5 Å². The molecule has 2 N–H and O–H groups in total. The van der Waals surface area contributed by atoms with E-state index >= 15 is 0 Å². The van der Waals surface area contributed by atoms with E-state index < -0.39 is 21.7 Å². The molecular weight excluding hydrogens is 392 g/mol. The number of sulfone groups is 1. The highest BCUT2D eigenvalue weighted by Crippen LogP contribution is 2.15. The monoisotopic (exact) mass is 412 g/mol. The van der Waals surface area contributed by atoms with Crippen molar-refractivity contribution in [1.82, 2.24) is 20.6 Å². The fraction of sp³-hybridized carbons (Fsp3) is 0.150. The summed E-state index contributed by atoms with van der Waals surface area (Å²) in [5, 5.41) is 4.28. The molecule has 0 saturated carbocycles. The lowest BCUT2D eigenvalue weighted by molar-refractivity contribution is 0.0846. The van der Waals surface area contributed by atoms with E-state index in [1.165, 1.54) is 30.5 Å². The maximum Gasteiger partial charge on any atom is 0.273 e. The highest BCUT2D eigenvalue weighted by Gasteiger charge is 2.18. The van der Waals surface area contributed by atoms with Crippen LogP contribution in [0, 0.1) is 0 Å². The fourth-order valence-electron chi connectivity index (χ4n) is 2.80. The fourth-order valence-corrected chi connectivity index (χ4v) is 3.43. The molecule has 0 aliphatic heterocycles. The first kappa shape index (κ1) is 20.3. The number of amides is 2. The van der Waals surface area contributed by atoms with Crippen molar-refractivity contribution in [3.05, 3.63) is 77.6 Å². The number of aromatic nitrogens is 2. The molecule has 2 aromatic carbocycles. The smallest absolute Gasteiger partial charge is 0.267 e. The zero-order chi connectivity index (χ0) is 21.0. The Kier molecular flexibility index (Phi) is 5.79. The second-order valence-electron chi connectivity index (χ2n) is 6.31. The quantitative estimate of drug-likeness (QED) is 0.622. The minimum Gasteiger partial charge on any atom is -0.267 e. The van der Waals surface area contributed by atoms with Gasteiger partial charge in [-0.15, -0.1) is 0 Å². The predicted octanol–water partition coefficient (Wildman–Crippen LogP) is 1.91. The van der Waals surface area contributed by atoms with E-state index in [1.807, 2.05) is 37.3 Å². The zero-order valence-electron chi connectivity index (χ0n) is 15.9. The number of hydrazine groups is 1. The molecule has 3 aromatic rings. The van der Waals surface area contributed by atoms with Crippen molar-refractivity contribution in [2.45, 2.75) is 18.2 Å². The first-order chi connectivity index (χ1) is 13.8. The number of hydrogen-bond donors (Lipinski definition) is 2. The maximum absolute atomic E-state index is 12.5. The molecule has 0 radical (unpaired) electrons. The van der Waals surface area contributed by atoms with Crippen LogP contribution in [0.2, 0.25) is 0 Å². The third kappa shape index (κ3) is 4.52. The van der Waals surface area contributed by atoms with Gasteiger partial charge in [-0.05, 0) is 42.8 Å².